The van der Waals surface area contributed by atoms with Crippen molar-refractivity contribution in [3.05, 3.63) is 62.6 Å². The second-order valence-electron chi connectivity index (χ2n) is 4.48. The van der Waals surface area contributed by atoms with Crippen molar-refractivity contribution < 1.29 is 4.74 Å². The molecule has 2 aromatic carbocycles. The molecule has 0 aliphatic rings. The number of halogens is 3. The number of hydrogen-bond acceptors (Lipinski definition) is 2. The summed E-state index contributed by atoms with van der Waals surface area (Å²) >= 11 is 18.2. The SMILES string of the molecule is C#CCOc1c(Cl)cc(/C=C(\C#N)c2ccc(Cl)cc2)cc1Cl. The molecule has 0 unspecified atom stereocenters. The van der Waals surface area contributed by atoms with Crippen molar-refractivity contribution >= 4 is 46.5 Å². The van der Waals surface area contributed by atoms with E-state index >= 15 is 0 Å². The Morgan fingerprint density at radius 1 is 1.13 bits per heavy atom. The summed E-state index contributed by atoms with van der Waals surface area (Å²) in [5, 5.41) is 10.6. The molecule has 0 aromatic heterocycles. The molecule has 2 aromatic rings. The van der Waals surface area contributed by atoms with Gasteiger partial charge in [-0.2, -0.15) is 5.26 Å². The van der Waals surface area contributed by atoms with Crippen LogP contribution in [0.1, 0.15) is 11.1 Å². The molecule has 5 heteroatoms. The summed E-state index contributed by atoms with van der Waals surface area (Å²) in [6, 6.07) is 12.4. The van der Waals surface area contributed by atoms with Gasteiger partial charge in [-0.3, -0.25) is 0 Å². The highest BCUT2D eigenvalue weighted by Crippen LogP contribution is 2.35. The first-order valence-corrected chi connectivity index (χ1v) is 7.61. The van der Waals surface area contributed by atoms with Crippen LogP contribution in [0.15, 0.2) is 36.4 Å². The van der Waals surface area contributed by atoms with Crippen molar-refractivity contribution in [1.29, 1.82) is 5.26 Å². The van der Waals surface area contributed by atoms with E-state index in [0.29, 0.717) is 32.0 Å². The lowest BCUT2D eigenvalue weighted by molar-refractivity contribution is 0.371. The normalized spacial score (nSPS) is 10.7. The minimum Gasteiger partial charge on any atom is -0.478 e. The van der Waals surface area contributed by atoms with Gasteiger partial charge in [0.25, 0.3) is 0 Å². The van der Waals surface area contributed by atoms with Crippen LogP contribution >= 0.6 is 34.8 Å². The lowest BCUT2D eigenvalue weighted by Gasteiger charge is -2.09. The van der Waals surface area contributed by atoms with Gasteiger partial charge in [-0.25, -0.2) is 0 Å². The largest absolute Gasteiger partial charge is 0.478 e. The zero-order valence-electron chi connectivity index (χ0n) is 11.8. The number of allylic oxidation sites excluding steroid dienone is 1. The van der Waals surface area contributed by atoms with Gasteiger partial charge in [0.15, 0.2) is 5.75 Å². The maximum atomic E-state index is 9.36. The maximum absolute atomic E-state index is 9.36. The maximum Gasteiger partial charge on any atom is 0.157 e. The Balaban J connectivity index is 2.39. The van der Waals surface area contributed by atoms with Crippen LogP contribution in [0, 0.1) is 23.7 Å². The lowest BCUT2D eigenvalue weighted by Crippen LogP contribution is -1.95. The first kappa shape index (κ1) is 17.3. The summed E-state index contributed by atoms with van der Waals surface area (Å²) in [5.41, 5.74) is 1.89. The summed E-state index contributed by atoms with van der Waals surface area (Å²) in [4.78, 5) is 0. The van der Waals surface area contributed by atoms with Gasteiger partial charge >= 0.3 is 0 Å². The van der Waals surface area contributed by atoms with Crippen LogP contribution in [0.25, 0.3) is 11.6 Å². The molecule has 114 valence electrons. The molecule has 0 saturated carbocycles. The molecule has 2 nitrogen and oxygen atoms in total. The standard InChI is InChI=1S/C18H10Cl3NO/c1-2-7-23-18-16(20)9-12(10-17(18)21)8-14(11-22)13-3-5-15(19)6-4-13/h1,3-6,8-10H,7H2/b14-8+. The Morgan fingerprint density at radius 3 is 2.26 bits per heavy atom. The smallest absolute Gasteiger partial charge is 0.157 e. The Labute approximate surface area is 149 Å². The van der Waals surface area contributed by atoms with E-state index < -0.39 is 0 Å². The highest BCUT2D eigenvalue weighted by Gasteiger charge is 2.10. The fraction of sp³-hybridized carbons (Fsp3) is 0.0556. The van der Waals surface area contributed by atoms with E-state index in [4.69, 9.17) is 46.0 Å². The Hall–Kier alpha value is -2.10. The molecule has 23 heavy (non-hydrogen) atoms. The average molecular weight is 363 g/mol. The number of hydrogen-bond donors (Lipinski definition) is 0. The third-order valence-electron chi connectivity index (χ3n) is 2.91. The minimum absolute atomic E-state index is 0.0723. The van der Waals surface area contributed by atoms with Crippen LogP contribution in [-0.2, 0) is 0 Å². The number of rotatable bonds is 4. The van der Waals surface area contributed by atoms with E-state index in [0.717, 1.165) is 5.56 Å². The van der Waals surface area contributed by atoms with Crippen LogP contribution in [-0.4, -0.2) is 6.61 Å². The highest BCUT2D eigenvalue weighted by molar-refractivity contribution is 6.37. The third-order valence-corrected chi connectivity index (χ3v) is 3.72. The Morgan fingerprint density at radius 2 is 1.74 bits per heavy atom. The lowest BCUT2D eigenvalue weighted by atomic mass is 10.0. The van der Waals surface area contributed by atoms with E-state index in [1.165, 1.54) is 0 Å². The van der Waals surface area contributed by atoms with Gasteiger partial charge in [-0.15, -0.1) is 6.42 Å². The Kier molecular flexibility index (Phi) is 5.97. The molecule has 0 bridgehead atoms. The molecule has 0 saturated heterocycles. The van der Waals surface area contributed by atoms with Crippen LogP contribution in [0.4, 0.5) is 0 Å². The van der Waals surface area contributed by atoms with Gasteiger partial charge in [0.05, 0.1) is 21.7 Å². The topological polar surface area (TPSA) is 33.0 Å². The molecule has 0 aliphatic heterocycles. The first-order valence-electron chi connectivity index (χ1n) is 6.48. The molecule has 0 fully saturated rings. The number of nitrogens with zero attached hydrogens (tertiary/aromatic N) is 1. The van der Waals surface area contributed by atoms with Crippen LogP contribution in [0.5, 0.6) is 5.75 Å². The summed E-state index contributed by atoms with van der Waals surface area (Å²) in [6.45, 7) is 0.0723. The van der Waals surface area contributed by atoms with Crippen molar-refractivity contribution in [3.63, 3.8) is 0 Å². The molecule has 0 N–H and O–H groups in total. The van der Waals surface area contributed by atoms with E-state index in [9.17, 15) is 5.26 Å². The number of benzene rings is 2. The molecule has 0 amide bonds. The van der Waals surface area contributed by atoms with Crippen LogP contribution in [0.2, 0.25) is 15.1 Å². The van der Waals surface area contributed by atoms with Crippen molar-refractivity contribution in [2.24, 2.45) is 0 Å². The molecular formula is C18H10Cl3NO. The predicted octanol–water partition coefficient (Wildman–Crippen LogP) is 5.72. The van der Waals surface area contributed by atoms with Gasteiger partial charge in [0.1, 0.15) is 6.61 Å². The molecule has 0 radical (unpaired) electrons. The number of ether oxygens (including phenoxy) is 1. The number of terminal acetylenes is 1. The van der Waals surface area contributed by atoms with Gasteiger partial charge in [-0.05, 0) is 41.5 Å². The molecule has 0 spiro atoms. The second-order valence-corrected chi connectivity index (χ2v) is 5.73. The first-order chi connectivity index (χ1) is 11.0. The number of nitriles is 1. The minimum atomic E-state index is 0.0723. The molecule has 0 aliphatic carbocycles. The van der Waals surface area contributed by atoms with Crippen molar-refractivity contribution in [2.45, 2.75) is 0 Å². The van der Waals surface area contributed by atoms with E-state index in [1.54, 1.807) is 42.5 Å². The summed E-state index contributed by atoms with van der Waals surface area (Å²) in [5.74, 6) is 2.67. The summed E-state index contributed by atoms with van der Waals surface area (Å²) < 4.78 is 5.30. The van der Waals surface area contributed by atoms with Crippen molar-refractivity contribution in [3.8, 4) is 24.2 Å². The second kappa shape index (κ2) is 7.95. The monoisotopic (exact) mass is 361 g/mol. The van der Waals surface area contributed by atoms with E-state index in [-0.39, 0.29) is 6.61 Å². The van der Waals surface area contributed by atoms with E-state index in [2.05, 4.69) is 12.0 Å². The van der Waals surface area contributed by atoms with Gasteiger partial charge in [0, 0.05) is 5.02 Å². The average Bonchev–Trinajstić information content (AvgIpc) is 2.53. The summed E-state index contributed by atoms with van der Waals surface area (Å²) in [7, 11) is 0. The van der Waals surface area contributed by atoms with E-state index in [1.807, 2.05) is 0 Å². The molecule has 0 heterocycles. The van der Waals surface area contributed by atoms with Crippen LogP contribution < -0.4 is 4.74 Å². The fourth-order valence-electron chi connectivity index (χ4n) is 1.89. The van der Waals surface area contributed by atoms with Crippen LogP contribution in [0.3, 0.4) is 0 Å². The van der Waals surface area contributed by atoms with Gasteiger partial charge < -0.3 is 4.74 Å². The fourth-order valence-corrected chi connectivity index (χ4v) is 2.63. The van der Waals surface area contributed by atoms with Gasteiger partial charge in [-0.1, -0.05) is 52.9 Å². The highest BCUT2D eigenvalue weighted by atomic mass is 35.5. The zero-order valence-corrected chi connectivity index (χ0v) is 14.1. The van der Waals surface area contributed by atoms with Crippen molar-refractivity contribution in [2.75, 3.05) is 6.61 Å². The zero-order chi connectivity index (χ0) is 16.8. The molecule has 2 rings (SSSR count). The summed E-state index contributed by atoms with van der Waals surface area (Å²) in [6.07, 6.45) is 6.84. The van der Waals surface area contributed by atoms with Gasteiger partial charge in [0.2, 0.25) is 0 Å². The van der Waals surface area contributed by atoms with Crippen molar-refractivity contribution in [1.82, 2.24) is 0 Å². The third kappa shape index (κ3) is 4.44. The molecular weight excluding hydrogens is 353 g/mol. The molecule has 0 atom stereocenters. The quantitative estimate of drug-likeness (QED) is 0.396. The Bertz CT molecular complexity index is 804. The predicted molar refractivity (Wildman–Crippen MR) is 95.7 cm³/mol.